The summed E-state index contributed by atoms with van der Waals surface area (Å²) in [6.07, 6.45) is 5.20. The molecule has 0 aromatic carbocycles. The number of hydrogen-bond donors (Lipinski definition) is 1. The van der Waals surface area contributed by atoms with E-state index in [0.717, 1.165) is 5.92 Å². The van der Waals surface area contributed by atoms with Crippen LogP contribution in [0.1, 0.15) is 56.0 Å². The summed E-state index contributed by atoms with van der Waals surface area (Å²) in [5.41, 5.74) is 1.36. The second-order valence-corrected chi connectivity index (χ2v) is 7.08. The van der Waals surface area contributed by atoms with E-state index >= 15 is 0 Å². The Bertz CT molecular complexity index is 315. The number of aryl methyl sites for hydroxylation is 1. The van der Waals surface area contributed by atoms with Crippen LogP contribution in [0, 0.1) is 12.8 Å². The third kappa shape index (κ3) is 4.08. The molecule has 0 aliphatic carbocycles. The first kappa shape index (κ1) is 15.2. The van der Waals surface area contributed by atoms with Crippen LogP contribution in [-0.2, 0) is 0 Å². The normalized spacial score (nSPS) is 14.9. The lowest BCUT2D eigenvalue weighted by atomic mass is 9.90. The Balaban J connectivity index is 2.80. The van der Waals surface area contributed by atoms with Gasteiger partial charge in [-0.25, -0.2) is 0 Å². The maximum atomic E-state index is 3.63. The molecular weight excluding hydrogens is 294 g/mol. The predicted molar refractivity (Wildman–Crippen MR) is 81.9 cm³/mol. The summed E-state index contributed by atoms with van der Waals surface area (Å²) in [7, 11) is 2.09. The maximum Gasteiger partial charge on any atom is 0.0731 e. The number of nitrogens with one attached hydrogen (secondary N) is 1. The molecule has 0 aliphatic heterocycles. The fourth-order valence-corrected chi connectivity index (χ4v) is 4.09. The van der Waals surface area contributed by atoms with E-state index in [9.17, 15) is 0 Å². The zero-order valence-electron chi connectivity index (χ0n) is 11.3. The van der Waals surface area contributed by atoms with Crippen molar-refractivity contribution in [2.45, 2.75) is 52.5 Å². The molecular formula is C14H24BrNS. The van der Waals surface area contributed by atoms with Gasteiger partial charge in [0.2, 0.25) is 0 Å². The molecule has 17 heavy (non-hydrogen) atoms. The van der Waals surface area contributed by atoms with E-state index in [1.54, 1.807) is 0 Å². The van der Waals surface area contributed by atoms with Gasteiger partial charge in [0.05, 0.1) is 3.79 Å². The van der Waals surface area contributed by atoms with Crippen LogP contribution in [0.25, 0.3) is 0 Å². The average Bonchev–Trinajstić information content (AvgIpc) is 2.64. The molecule has 1 aromatic rings. The summed E-state index contributed by atoms with van der Waals surface area (Å²) < 4.78 is 1.28. The summed E-state index contributed by atoms with van der Waals surface area (Å²) in [6, 6.07) is 2.84. The van der Waals surface area contributed by atoms with Gasteiger partial charge in [-0.05, 0) is 53.9 Å². The molecule has 1 rings (SSSR count). The van der Waals surface area contributed by atoms with Crippen molar-refractivity contribution >= 4 is 27.3 Å². The first-order chi connectivity index (χ1) is 8.13. The quantitative estimate of drug-likeness (QED) is 0.720. The molecule has 3 heteroatoms. The molecule has 0 radical (unpaired) electrons. The first-order valence-corrected chi connectivity index (χ1v) is 8.18. The van der Waals surface area contributed by atoms with Gasteiger partial charge in [0, 0.05) is 10.9 Å². The maximum absolute atomic E-state index is 3.63. The van der Waals surface area contributed by atoms with Crippen LogP contribution < -0.4 is 5.32 Å². The molecule has 0 saturated heterocycles. The van der Waals surface area contributed by atoms with Gasteiger partial charge in [0.15, 0.2) is 0 Å². The lowest BCUT2D eigenvalue weighted by Crippen LogP contribution is -2.24. The molecule has 2 atom stereocenters. The topological polar surface area (TPSA) is 12.0 Å². The van der Waals surface area contributed by atoms with Crippen molar-refractivity contribution in [3.8, 4) is 0 Å². The summed E-state index contributed by atoms with van der Waals surface area (Å²) in [5.74, 6) is 0.755. The highest BCUT2D eigenvalue weighted by atomic mass is 79.9. The first-order valence-electron chi connectivity index (χ1n) is 6.57. The van der Waals surface area contributed by atoms with E-state index in [1.165, 1.54) is 39.9 Å². The molecule has 1 N–H and O–H groups in total. The summed E-state index contributed by atoms with van der Waals surface area (Å²) in [5, 5.41) is 3.51. The van der Waals surface area contributed by atoms with Crippen molar-refractivity contribution in [3.63, 3.8) is 0 Å². The van der Waals surface area contributed by atoms with Crippen LogP contribution in [0.3, 0.4) is 0 Å². The van der Waals surface area contributed by atoms with Crippen molar-refractivity contribution in [1.29, 1.82) is 0 Å². The predicted octanol–water partition coefficient (Wildman–Crippen LogP) is 5.30. The number of hydrogen-bond acceptors (Lipinski definition) is 2. The van der Waals surface area contributed by atoms with Crippen molar-refractivity contribution in [3.05, 3.63) is 20.3 Å². The Hall–Kier alpha value is 0.140. The zero-order valence-corrected chi connectivity index (χ0v) is 13.7. The zero-order chi connectivity index (χ0) is 12.8. The van der Waals surface area contributed by atoms with Crippen LogP contribution in [0.2, 0.25) is 0 Å². The van der Waals surface area contributed by atoms with Crippen LogP contribution in [0.15, 0.2) is 9.85 Å². The smallest absolute Gasteiger partial charge is 0.0731 e. The minimum Gasteiger partial charge on any atom is -0.312 e. The molecule has 2 unspecified atom stereocenters. The van der Waals surface area contributed by atoms with Crippen molar-refractivity contribution < 1.29 is 0 Å². The molecule has 1 heterocycles. The van der Waals surface area contributed by atoms with Crippen LogP contribution in [-0.4, -0.2) is 7.05 Å². The lowest BCUT2D eigenvalue weighted by Gasteiger charge is -2.25. The highest BCUT2D eigenvalue weighted by Crippen LogP contribution is 2.36. The standard InChI is InChI=1S/C14H24BrNS/c1-5-7-8-11(6-2)13(16-4)12-9-10(3)14(15)17-12/h9,11,13,16H,5-8H2,1-4H3. The van der Waals surface area contributed by atoms with Crippen molar-refractivity contribution in [2.24, 2.45) is 5.92 Å². The highest BCUT2D eigenvalue weighted by Gasteiger charge is 2.21. The Labute approximate surface area is 118 Å². The van der Waals surface area contributed by atoms with Crippen LogP contribution >= 0.6 is 27.3 Å². The van der Waals surface area contributed by atoms with Gasteiger partial charge < -0.3 is 5.32 Å². The number of rotatable bonds is 7. The minimum atomic E-state index is 0.515. The molecule has 0 bridgehead atoms. The van der Waals surface area contributed by atoms with E-state index in [-0.39, 0.29) is 0 Å². The molecule has 0 aliphatic rings. The fraction of sp³-hybridized carbons (Fsp3) is 0.714. The summed E-state index contributed by atoms with van der Waals surface area (Å²) in [4.78, 5) is 1.47. The van der Waals surface area contributed by atoms with Crippen LogP contribution in [0.4, 0.5) is 0 Å². The third-order valence-electron chi connectivity index (χ3n) is 3.42. The van der Waals surface area contributed by atoms with Crippen LogP contribution in [0.5, 0.6) is 0 Å². The van der Waals surface area contributed by atoms with Gasteiger partial charge in [0.1, 0.15) is 0 Å². The number of thiophene rings is 1. The molecule has 0 amide bonds. The molecule has 98 valence electrons. The fourth-order valence-electron chi connectivity index (χ4n) is 2.32. The summed E-state index contributed by atoms with van der Waals surface area (Å²) >= 11 is 5.51. The molecule has 0 fully saturated rings. The Morgan fingerprint density at radius 3 is 2.53 bits per heavy atom. The van der Waals surface area contributed by atoms with E-state index in [0.29, 0.717) is 6.04 Å². The third-order valence-corrected chi connectivity index (χ3v) is 5.64. The molecule has 0 saturated carbocycles. The largest absolute Gasteiger partial charge is 0.312 e. The monoisotopic (exact) mass is 317 g/mol. The Morgan fingerprint density at radius 2 is 2.12 bits per heavy atom. The SMILES string of the molecule is CCCCC(CC)C(NC)c1cc(C)c(Br)s1. The van der Waals surface area contributed by atoms with E-state index < -0.39 is 0 Å². The Morgan fingerprint density at radius 1 is 1.41 bits per heavy atom. The minimum absolute atomic E-state index is 0.515. The summed E-state index contributed by atoms with van der Waals surface area (Å²) in [6.45, 7) is 6.75. The van der Waals surface area contributed by atoms with Gasteiger partial charge in [-0.2, -0.15) is 0 Å². The van der Waals surface area contributed by atoms with Gasteiger partial charge >= 0.3 is 0 Å². The second-order valence-electron chi connectivity index (χ2n) is 4.68. The van der Waals surface area contributed by atoms with E-state index in [1.807, 2.05) is 11.3 Å². The number of unbranched alkanes of at least 4 members (excludes halogenated alkanes) is 1. The second kappa shape index (κ2) is 7.55. The van der Waals surface area contributed by atoms with Gasteiger partial charge in [-0.1, -0.05) is 33.1 Å². The molecule has 1 aromatic heterocycles. The van der Waals surface area contributed by atoms with Crippen molar-refractivity contribution in [1.82, 2.24) is 5.32 Å². The van der Waals surface area contributed by atoms with Crippen molar-refractivity contribution in [2.75, 3.05) is 7.05 Å². The Kier molecular flexibility index (Phi) is 6.75. The van der Waals surface area contributed by atoms with E-state index in [2.05, 4.69) is 55.1 Å². The van der Waals surface area contributed by atoms with Gasteiger partial charge in [0.25, 0.3) is 0 Å². The number of halogens is 1. The van der Waals surface area contributed by atoms with E-state index in [4.69, 9.17) is 0 Å². The van der Waals surface area contributed by atoms with Gasteiger partial charge in [-0.3, -0.25) is 0 Å². The molecule has 0 spiro atoms. The average molecular weight is 318 g/mol. The lowest BCUT2D eigenvalue weighted by molar-refractivity contribution is 0.343. The highest BCUT2D eigenvalue weighted by molar-refractivity contribution is 9.11. The molecule has 1 nitrogen and oxygen atoms in total. The van der Waals surface area contributed by atoms with Gasteiger partial charge in [-0.15, -0.1) is 11.3 Å².